The van der Waals surface area contributed by atoms with Crippen LogP contribution >= 0.6 is 0 Å². The number of unbranched alkanes of at least 4 members (excludes halogenated alkanes) is 44. The second kappa shape index (κ2) is 51.1. The van der Waals surface area contributed by atoms with Gasteiger partial charge in [-0.15, -0.1) is 0 Å². The highest BCUT2D eigenvalue weighted by atomic mass is 16.3. The Labute approximate surface area is 420 Å². The maximum Gasteiger partial charge on any atom is 0.333 e. The molecule has 0 saturated carbocycles. The molecule has 67 heavy (non-hydrogen) atoms. The van der Waals surface area contributed by atoms with E-state index in [-0.39, 0.29) is 11.6 Å². The van der Waals surface area contributed by atoms with Gasteiger partial charge in [0.05, 0.1) is 19.5 Å². The fourth-order valence-electron chi connectivity index (χ4n) is 10.4. The van der Waals surface area contributed by atoms with Gasteiger partial charge >= 0.3 is 5.69 Å². The van der Waals surface area contributed by atoms with Crippen LogP contribution in [-0.4, -0.2) is 50.2 Å². The van der Waals surface area contributed by atoms with E-state index >= 15 is 0 Å². The van der Waals surface area contributed by atoms with Crippen LogP contribution in [0.25, 0.3) is 0 Å². The van der Waals surface area contributed by atoms with E-state index in [9.17, 15) is 9.90 Å². The van der Waals surface area contributed by atoms with E-state index in [4.69, 9.17) is 0 Å². The average molecular weight is 944 g/mol. The van der Waals surface area contributed by atoms with E-state index in [2.05, 4.69) is 37.5 Å². The molecular formula is C61H122N4O2. The lowest BCUT2D eigenvalue weighted by Gasteiger charge is -2.23. The van der Waals surface area contributed by atoms with Crippen molar-refractivity contribution in [2.75, 3.05) is 26.2 Å². The molecule has 0 aromatic carbocycles. The zero-order chi connectivity index (χ0) is 48.4. The summed E-state index contributed by atoms with van der Waals surface area (Å²) >= 11 is 0. The number of nitrogens with zero attached hydrogens (tertiary/aromatic N) is 4. The van der Waals surface area contributed by atoms with E-state index in [1.54, 1.807) is 10.8 Å². The first-order valence-corrected chi connectivity index (χ1v) is 31.0. The molecule has 0 bridgehead atoms. The van der Waals surface area contributed by atoms with Crippen LogP contribution in [0.5, 0.6) is 5.88 Å². The third kappa shape index (κ3) is 41.1. The Balaban J connectivity index is 2.74. The molecule has 1 aromatic heterocycles. The lowest BCUT2D eigenvalue weighted by atomic mass is 10.0. The highest BCUT2D eigenvalue weighted by Crippen LogP contribution is 2.18. The van der Waals surface area contributed by atoms with Gasteiger partial charge in [-0.25, -0.2) is 9.36 Å². The molecule has 6 nitrogen and oxygen atoms in total. The van der Waals surface area contributed by atoms with Crippen LogP contribution in [0.2, 0.25) is 0 Å². The first kappa shape index (κ1) is 63.7. The molecule has 1 rings (SSSR count). The van der Waals surface area contributed by atoms with Crippen LogP contribution in [0.15, 0.2) is 11.0 Å². The molecule has 398 valence electrons. The molecule has 0 aliphatic heterocycles. The van der Waals surface area contributed by atoms with E-state index in [1.165, 1.54) is 308 Å². The monoisotopic (exact) mass is 943 g/mol. The minimum atomic E-state index is -0.0405. The average Bonchev–Trinajstić information content (AvgIpc) is 3.59. The summed E-state index contributed by atoms with van der Waals surface area (Å²) in [5.41, 5.74) is -0.0405. The molecule has 0 saturated heterocycles. The molecule has 0 atom stereocenters. The van der Waals surface area contributed by atoms with Crippen molar-refractivity contribution in [1.82, 2.24) is 18.9 Å². The first-order chi connectivity index (χ1) is 33.1. The zero-order valence-electron chi connectivity index (χ0n) is 46.4. The van der Waals surface area contributed by atoms with Gasteiger partial charge in [0.25, 0.3) is 0 Å². The predicted octanol–water partition coefficient (Wildman–Crippen LogP) is 19.7. The normalized spacial score (nSPS) is 11.9. The highest BCUT2D eigenvalue weighted by molar-refractivity contribution is 5.05. The molecule has 0 aliphatic rings. The van der Waals surface area contributed by atoms with Crippen LogP contribution in [0.3, 0.4) is 0 Å². The standard InChI is InChI=1S/C61H122N4O2/c1-5-9-13-17-21-25-29-33-37-41-45-49-53-62(54-50-46-42-38-34-30-26-22-18-14-10-6-2)58-64-57-60(66)65(61(64)67)59-63(55-51-47-43-39-35-31-27-23-19-15-11-7-3)56-52-48-44-40-36-32-28-24-20-16-12-8-4/h57,66H,5-56,58-59H2,1-4H3. The van der Waals surface area contributed by atoms with E-state index in [0.717, 1.165) is 26.2 Å². The molecule has 0 aliphatic carbocycles. The Bertz CT molecular complexity index is 1110. The number of aromatic nitrogens is 2. The Kier molecular flexibility index (Phi) is 48.6. The van der Waals surface area contributed by atoms with Gasteiger partial charge in [-0.1, -0.05) is 310 Å². The van der Waals surface area contributed by atoms with E-state index in [0.29, 0.717) is 13.3 Å². The maximum atomic E-state index is 14.1. The molecule has 6 heteroatoms. The van der Waals surface area contributed by atoms with Gasteiger partial charge in [0.2, 0.25) is 5.88 Å². The highest BCUT2D eigenvalue weighted by Gasteiger charge is 2.17. The molecule has 0 radical (unpaired) electrons. The SMILES string of the molecule is CCCCCCCCCCCCCCN(CCCCCCCCCCCCCC)Cn1cc(O)n(CN(CCCCCCCCCCCCCC)CCCCCCCCCCCCCC)c1=O. The topological polar surface area (TPSA) is 53.6 Å². The zero-order valence-corrected chi connectivity index (χ0v) is 46.4. The summed E-state index contributed by atoms with van der Waals surface area (Å²) in [7, 11) is 0. The van der Waals surface area contributed by atoms with Crippen LogP contribution in [0.1, 0.15) is 336 Å². The van der Waals surface area contributed by atoms with Crippen LogP contribution in [-0.2, 0) is 13.3 Å². The van der Waals surface area contributed by atoms with E-state index in [1.807, 2.05) is 4.57 Å². The third-order valence-electron chi connectivity index (χ3n) is 15.0. The van der Waals surface area contributed by atoms with Crippen molar-refractivity contribution < 1.29 is 5.11 Å². The minimum absolute atomic E-state index is 0.0405. The summed E-state index contributed by atoms with van der Waals surface area (Å²) in [6, 6.07) is 0. The van der Waals surface area contributed by atoms with Crippen molar-refractivity contribution >= 4 is 0 Å². The predicted molar refractivity (Wildman–Crippen MR) is 298 cm³/mol. The van der Waals surface area contributed by atoms with Crippen molar-refractivity contribution in [2.24, 2.45) is 0 Å². The van der Waals surface area contributed by atoms with Gasteiger partial charge in [-0.05, 0) is 51.9 Å². The lowest BCUT2D eigenvalue weighted by Crippen LogP contribution is -2.37. The molecule has 1 aromatic rings. The summed E-state index contributed by atoms with van der Waals surface area (Å²) in [6.45, 7) is 14.4. The maximum absolute atomic E-state index is 14.1. The molecule has 0 amide bonds. The summed E-state index contributed by atoms with van der Waals surface area (Å²) in [5, 5.41) is 11.3. The van der Waals surface area contributed by atoms with Crippen LogP contribution in [0, 0.1) is 0 Å². The summed E-state index contributed by atoms with van der Waals surface area (Å²) < 4.78 is 3.50. The molecule has 0 spiro atoms. The Morgan fingerprint density at radius 2 is 0.507 bits per heavy atom. The van der Waals surface area contributed by atoms with E-state index < -0.39 is 0 Å². The van der Waals surface area contributed by atoms with Crippen molar-refractivity contribution in [3.05, 3.63) is 16.7 Å². The Morgan fingerprint density at radius 1 is 0.313 bits per heavy atom. The summed E-state index contributed by atoms with van der Waals surface area (Å²) in [6.07, 6.45) is 67.0. The third-order valence-corrected chi connectivity index (χ3v) is 15.0. The lowest BCUT2D eigenvalue weighted by molar-refractivity contribution is 0.188. The largest absolute Gasteiger partial charge is 0.493 e. The van der Waals surface area contributed by atoms with Crippen molar-refractivity contribution in [3.63, 3.8) is 0 Å². The van der Waals surface area contributed by atoms with Gasteiger partial charge in [0.15, 0.2) is 0 Å². The number of imidazole rings is 1. The summed E-state index contributed by atoms with van der Waals surface area (Å²) in [5.74, 6) is 0.134. The molecule has 1 heterocycles. The minimum Gasteiger partial charge on any atom is -0.493 e. The van der Waals surface area contributed by atoms with Gasteiger partial charge in [-0.2, -0.15) is 0 Å². The second-order valence-electron chi connectivity index (χ2n) is 21.7. The Morgan fingerprint density at radius 3 is 0.731 bits per heavy atom. The van der Waals surface area contributed by atoms with Gasteiger partial charge in [0.1, 0.15) is 0 Å². The quantitative estimate of drug-likeness (QED) is 0.0661. The van der Waals surface area contributed by atoms with Gasteiger partial charge in [-0.3, -0.25) is 14.4 Å². The van der Waals surface area contributed by atoms with Crippen LogP contribution < -0.4 is 5.69 Å². The van der Waals surface area contributed by atoms with Crippen molar-refractivity contribution in [2.45, 2.75) is 349 Å². The van der Waals surface area contributed by atoms with Crippen molar-refractivity contribution in [1.29, 1.82) is 0 Å². The number of hydrogen-bond acceptors (Lipinski definition) is 4. The van der Waals surface area contributed by atoms with Crippen molar-refractivity contribution in [3.8, 4) is 5.88 Å². The fourth-order valence-corrected chi connectivity index (χ4v) is 10.4. The number of hydrogen-bond donors (Lipinski definition) is 1. The van der Waals surface area contributed by atoms with Crippen LogP contribution in [0.4, 0.5) is 0 Å². The fraction of sp³-hybridized carbons (Fsp3) is 0.951. The number of aromatic hydroxyl groups is 1. The molecule has 0 unspecified atom stereocenters. The van der Waals surface area contributed by atoms with Gasteiger partial charge in [0, 0.05) is 0 Å². The molecule has 0 fully saturated rings. The molecular weight excluding hydrogens is 821 g/mol. The smallest absolute Gasteiger partial charge is 0.333 e. The summed E-state index contributed by atoms with van der Waals surface area (Å²) in [4.78, 5) is 19.1. The van der Waals surface area contributed by atoms with Gasteiger partial charge < -0.3 is 5.11 Å². The first-order valence-electron chi connectivity index (χ1n) is 31.0. The number of rotatable bonds is 56. The second-order valence-corrected chi connectivity index (χ2v) is 21.7. The Hall–Kier alpha value is -1.27. The molecule has 1 N–H and O–H groups in total.